The molecule has 1 saturated heterocycles. The summed E-state index contributed by atoms with van der Waals surface area (Å²) >= 11 is 0. The molecule has 9 nitrogen and oxygen atoms in total. The number of nitrogens with zero attached hydrogens (tertiary/aromatic N) is 4. The highest BCUT2D eigenvalue weighted by molar-refractivity contribution is 5.93. The minimum atomic E-state index is -0.559. The highest BCUT2D eigenvalue weighted by Crippen LogP contribution is 2.42. The van der Waals surface area contributed by atoms with Crippen LogP contribution in [0.5, 0.6) is 0 Å². The number of hydrogen-bond donors (Lipinski definition) is 3. The van der Waals surface area contributed by atoms with Gasteiger partial charge in [0.25, 0.3) is 5.91 Å². The molecule has 9 heteroatoms. The zero-order valence-corrected chi connectivity index (χ0v) is 22.7. The molecule has 202 valence electrons. The number of hydrogen-bond acceptors (Lipinski definition) is 6. The Morgan fingerprint density at radius 2 is 1.79 bits per heavy atom. The zero-order chi connectivity index (χ0) is 26.7. The first-order valence-electron chi connectivity index (χ1n) is 13.9. The van der Waals surface area contributed by atoms with Gasteiger partial charge in [0.05, 0.1) is 0 Å². The summed E-state index contributed by atoms with van der Waals surface area (Å²) in [6.45, 7) is 8.52. The predicted octanol–water partition coefficient (Wildman–Crippen LogP) is 5.11. The van der Waals surface area contributed by atoms with E-state index in [0.29, 0.717) is 5.95 Å². The topological polar surface area (TPSA) is 104 Å². The lowest BCUT2D eigenvalue weighted by Crippen LogP contribution is -2.55. The van der Waals surface area contributed by atoms with E-state index in [0.717, 1.165) is 79.6 Å². The van der Waals surface area contributed by atoms with E-state index < -0.39 is 5.54 Å². The standard InChI is InChI=1S/C20H22N6O.C9H17NO/c1-13-5-7-15(8-6-13)22-19-21-12-14-11-16-24-25-18(27)20(9-3-2-4-10-20)26(16)17(14)23-19;1-8(2)9-3-5-10(7-11)6-4-9/h5-8,11-12,24H,2-4,9-10H2,1H3,(H,25,27)(H,21,22,23);7-9H,3-6H2,1-2H3. The molecule has 2 aliphatic heterocycles. The van der Waals surface area contributed by atoms with Crippen LogP contribution in [0, 0.1) is 18.8 Å². The maximum Gasteiger partial charge on any atom is 0.264 e. The van der Waals surface area contributed by atoms with Crippen molar-refractivity contribution >= 4 is 40.8 Å². The van der Waals surface area contributed by atoms with Crippen molar-refractivity contribution < 1.29 is 9.59 Å². The number of fused-ring (bicyclic) bond motifs is 4. The van der Waals surface area contributed by atoms with Gasteiger partial charge in [-0.25, -0.2) is 4.98 Å². The Bertz CT molecular complexity index is 1270. The highest BCUT2D eigenvalue weighted by Gasteiger charge is 2.46. The Balaban J connectivity index is 0.000000226. The van der Waals surface area contributed by atoms with Crippen molar-refractivity contribution in [3.8, 4) is 0 Å². The molecule has 0 bridgehead atoms. The van der Waals surface area contributed by atoms with Gasteiger partial charge < -0.3 is 10.2 Å². The van der Waals surface area contributed by atoms with Gasteiger partial charge in [-0.3, -0.25) is 25.0 Å². The van der Waals surface area contributed by atoms with Crippen molar-refractivity contribution in [2.75, 3.05) is 23.8 Å². The number of benzene rings is 1. The lowest BCUT2D eigenvalue weighted by molar-refractivity contribution is -0.131. The third-order valence-electron chi connectivity index (χ3n) is 8.35. The molecule has 1 saturated carbocycles. The first-order chi connectivity index (χ1) is 18.4. The Hall–Kier alpha value is -3.62. The minimum absolute atomic E-state index is 0.0267. The summed E-state index contributed by atoms with van der Waals surface area (Å²) in [4.78, 5) is 34.3. The summed E-state index contributed by atoms with van der Waals surface area (Å²) in [5, 5.41) is 4.19. The van der Waals surface area contributed by atoms with Gasteiger partial charge in [0.2, 0.25) is 12.4 Å². The summed E-state index contributed by atoms with van der Waals surface area (Å²) in [5.74, 6) is 3.05. The first-order valence-corrected chi connectivity index (χ1v) is 13.9. The van der Waals surface area contributed by atoms with Crippen LogP contribution in [0.3, 0.4) is 0 Å². The number of carbonyl (C=O) groups excluding carboxylic acids is 2. The smallest absolute Gasteiger partial charge is 0.264 e. The highest BCUT2D eigenvalue weighted by atomic mass is 16.2. The Kier molecular flexibility index (Phi) is 7.53. The average molecular weight is 518 g/mol. The lowest BCUT2D eigenvalue weighted by Gasteiger charge is -2.41. The third-order valence-corrected chi connectivity index (χ3v) is 8.35. The number of hydrazine groups is 1. The fourth-order valence-electron chi connectivity index (χ4n) is 5.96. The maximum atomic E-state index is 12.8. The largest absolute Gasteiger partial charge is 0.345 e. The molecule has 6 rings (SSSR count). The van der Waals surface area contributed by atoms with Crippen LogP contribution in [-0.4, -0.2) is 44.8 Å². The SMILES string of the molecule is CC(C)C1CCN(C=O)CC1.Cc1ccc(Nc2ncc3cc4n(c3n2)C2(CCCCC2)C(=O)NN4)cc1. The number of aromatic nitrogens is 3. The molecule has 1 aliphatic carbocycles. The number of piperidine rings is 1. The third kappa shape index (κ3) is 5.19. The fraction of sp³-hybridized carbons (Fsp3) is 0.517. The van der Waals surface area contributed by atoms with Gasteiger partial charge in [0.15, 0.2) is 0 Å². The minimum Gasteiger partial charge on any atom is -0.345 e. The van der Waals surface area contributed by atoms with E-state index in [1.807, 2.05) is 41.4 Å². The van der Waals surface area contributed by atoms with Crippen LogP contribution in [0.25, 0.3) is 11.0 Å². The summed E-state index contributed by atoms with van der Waals surface area (Å²) < 4.78 is 2.09. The van der Waals surface area contributed by atoms with Crippen LogP contribution in [-0.2, 0) is 15.1 Å². The summed E-state index contributed by atoms with van der Waals surface area (Å²) in [5.41, 5.74) is 8.24. The first kappa shape index (κ1) is 26.0. The van der Waals surface area contributed by atoms with E-state index in [9.17, 15) is 9.59 Å². The van der Waals surface area contributed by atoms with Crippen molar-refractivity contribution in [1.82, 2.24) is 24.9 Å². The summed E-state index contributed by atoms with van der Waals surface area (Å²) in [7, 11) is 0. The number of carbonyl (C=O) groups is 2. The van der Waals surface area contributed by atoms with Gasteiger partial charge in [-0.1, -0.05) is 50.8 Å². The van der Waals surface area contributed by atoms with E-state index in [1.165, 1.54) is 24.8 Å². The van der Waals surface area contributed by atoms with Crippen molar-refractivity contribution in [3.05, 3.63) is 42.1 Å². The molecule has 0 unspecified atom stereocenters. The van der Waals surface area contributed by atoms with Crippen LogP contribution < -0.4 is 16.2 Å². The second kappa shape index (κ2) is 11.0. The quantitative estimate of drug-likeness (QED) is 0.416. The normalized spacial score (nSPS) is 18.8. The molecular formula is C29H39N7O2. The van der Waals surface area contributed by atoms with E-state index in [1.54, 1.807) is 0 Å². The zero-order valence-electron chi connectivity index (χ0n) is 22.7. The molecule has 1 aromatic carbocycles. The number of likely N-dealkylation sites (tertiary alicyclic amines) is 1. The Morgan fingerprint density at radius 3 is 2.45 bits per heavy atom. The molecule has 2 aromatic heterocycles. The van der Waals surface area contributed by atoms with Gasteiger partial charge in [-0.15, -0.1) is 0 Å². The second-order valence-electron chi connectivity index (χ2n) is 11.2. The molecule has 3 aromatic rings. The fourth-order valence-corrected chi connectivity index (χ4v) is 5.96. The number of aryl methyl sites for hydroxylation is 1. The maximum absolute atomic E-state index is 12.8. The molecule has 3 aliphatic rings. The monoisotopic (exact) mass is 517 g/mol. The second-order valence-corrected chi connectivity index (χ2v) is 11.2. The van der Waals surface area contributed by atoms with E-state index in [4.69, 9.17) is 4.98 Å². The van der Waals surface area contributed by atoms with E-state index in [-0.39, 0.29) is 5.91 Å². The van der Waals surface area contributed by atoms with Crippen LogP contribution in [0.2, 0.25) is 0 Å². The summed E-state index contributed by atoms with van der Waals surface area (Å²) in [6.07, 6.45) is 10.1. The van der Waals surface area contributed by atoms with Crippen LogP contribution in [0.15, 0.2) is 36.5 Å². The molecule has 1 spiro atoms. The molecule has 0 atom stereocenters. The Morgan fingerprint density at radius 1 is 1.08 bits per heavy atom. The number of rotatable bonds is 4. The average Bonchev–Trinajstić information content (AvgIpc) is 3.32. The molecule has 38 heavy (non-hydrogen) atoms. The van der Waals surface area contributed by atoms with Crippen molar-refractivity contribution in [2.24, 2.45) is 11.8 Å². The molecule has 4 heterocycles. The van der Waals surface area contributed by atoms with Crippen LogP contribution >= 0.6 is 0 Å². The van der Waals surface area contributed by atoms with E-state index in [2.05, 4.69) is 46.5 Å². The van der Waals surface area contributed by atoms with Crippen molar-refractivity contribution in [2.45, 2.75) is 71.3 Å². The molecule has 3 N–H and O–H groups in total. The number of nitrogens with one attached hydrogen (secondary N) is 3. The number of amides is 2. The Labute approximate surface area is 224 Å². The van der Waals surface area contributed by atoms with Crippen LogP contribution in [0.4, 0.5) is 17.5 Å². The summed E-state index contributed by atoms with van der Waals surface area (Å²) in [6, 6.07) is 10.1. The molecule has 0 radical (unpaired) electrons. The van der Waals surface area contributed by atoms with Gasteiger partial charge in [-0.05, 0) is 62.6 Å². The van der Waals surface area contributed by atoms with Gasteiger partial charge in [-0.2, -0.15) is 4.98 Å². The van der Waals surface area contributed by atoms with E-state index >= 15 is 0 Å². The molecule has 2 fully saturated rings. The van der Waals surface area contributed by atoms with Crippen LogP contribution in [0.1, 0.15) is 64.4 Å². The van der Waals surface area contributed by atoms with Gasteiger partial charge >= 0.3 is 0 Å². The van der Waals surface area contributed by atoms with Crippen molar-refractivity contribution in [1.29, 1.82) is 0 Å². The molecular weight excluding hydrogens is 478 g/mol. The molecule has 2 amide bonds. The van der Waals surface area contributed by atoms with Crippen molar-refractivity contribution in [3.63, 3.8) is 0 Å². The number of anilines is 3. The lowest BCUT2D eigenvalue weighted by atomic mass is 9.80. The van der Waals surface area contributed by atoms with Gasteiger partial charge in [0, 0.05) is 30.4 Å². The predicted molar refractivity (Wildman–Crippen MR) is 150 cm³/mol. The van der Waals surface area contributed by atoms with Gasteiger partial charge in [0.1, 0.15) is 17.0 Å².